The van der Waals surface area contributed by atoms with E-state index in [-0.39, 0.29) is 11.7 Å². The van der Waals surface area contributed by atoms with E-state index in [0.29, 0.717) is 18.1 Å². The van der Waals surface area contributed by atoms with E-state index < -0.39 is 12.1 Å². The fourth-order valence-electron chi connectivity index (χ4n) is 2.52. The van der Waals surface area contributed by atoms with E-state index in [1.54, 1.807) is 11.8 Å². The summed E-state index contributed by atoms with van der Waals surface area (Å²) in [5, 5.41) is 19.6. The highest BCUT2D eigenvalue weighted by Crippen LogP contribution is 2.26. The van der Waals surface area contributed by atoms with Gasteiger partial charge in [0.2, 0.25) is 0 Å². The SMILES string of the molecule is CCCCC/C=C/C/C=C/C=C/C=C/C(SC(C)CC)C(O)CCCC(=O)O. The first kappa shape index (κ1) is 26.7. The number of carboxylic acid groups (broad SMARTS) is 1. The molecular formula is C24H40O3S. The van der Waals surface area contributed by atoms with Crippen molar-refractivity contribution in [2.75, 3.05) is 0 Å². The Kier molecular flexibility index (Phi) is 18.2. The van der Waals surface area contributed by atoms with Crippen LogP contribution in [0.15, 0.2) is 48.6 Å². The molecule has 28 heavy (non-hydrogen) atoms. The number of aliphatic carboxylic acids is 1. The lowest BCUT2D eigenvalue weighted by molar-refractivity contribution is -0.137. The van der Waals surface area contributed by atoms with Gasteiger partial charge < -0.3 is 10.2 Å². The van der Waals surface area contributed by atoms with Crippen molar-refractivity contribution in [3.05, 3.63) is 48.6 Å². The number of unbranched alkanes of at least 4 members (excludes halogenated alkanes) is 3. The number of thioether (sulfide) groups is 1. The van der Waals surface area contributed by atoms with E-state index in [4.69, 9.17) is 5.11 Å². The molecule has 0 fully saturated rings. The highest BCUT2D eigenvalue weighted by atomic mass is 32.2. The number of carboxylic acids is 1. The molecule has 0 aromatic carbocycles. The van der Waals surface area contributed by atoms with Crippen LogP contribution in [0.1, 0.15) is 78.6 Å². The maximum absolute atomic E-state index is 10.7. The van der Waals surface area contributed by atoms with Crippen LogP contribution in [-0.4, -0.2) is 32.8 Å². The Morgan fingerprint density at radius 1 is 1.00 bits per heavy atom. The average Bonchev–Trinajstić information content (AvgIpc) is 2.67. The molecular weight excluding hydrogens is 368 g/mol. The Morgan fingerprint density at radius 3 is 2.43 bits per heavy atom. The molecule has 3 nitrogen and oxygen atoms in total. The Labute approximate surface area is 176 Å². The van der Waals surface area contributed by atoms with Crippen LogP contribution < -0.4 is 0 Å². The van der Waals surface area contributed by atoms with Gasteiger partial charge in [0.15, 0.2) is 0 Å². The summed E-state index contributed by atoms with van der Waals surface area (Å²) in [5.74, 6) is -0.806. The minimum Gasteiger partial charge on any atom is -0.481 e. The molecule has 0 saturated carbocycles. The maximum atomic E-state index is 10.7. The van der Waals surface area contributed by atoms with E-state index in [9.17, 15) is 9.90 Å². The van der Waals surface area contributed by atoms with Gasteiger partial charge >= 0.3 is 5.97 Å². The van der Waals surface area contributed by atoms with Crippen LogP contribution in [-0.2, 0) is 4.79 Å². The summed E-state index contributed by atoms with van der Waals surface area (Å²) < 4.78 is 0. The van der Waals surface area contributed by atoms with Crippen LogP contribution >= 0.6 is 11.8 Å². The number of hydrogen-bond donors (Lipinski definition) is 2. The van der Waals surface area contributed by atoms with Crippen molar-refractivity contribution in [2.45, 2.75) is 95.2 Å². The number of aliphatic hydroxyl groups is 1. The lowest BCUT2D eigenvalue weighted by Crippen LogP contribution is -2.23. The van der Waals surface area contributed by atoms with Gasteiger partial charge in [0.25, 0.3) is 0 Å². The van der Waals surface area contributed by atoms with Crippen molar-refractivity contribution in [3.63, 3.8) is 0 Å². The Hall–Kier alpha value is -1.26. The first-order valence-corrected chi connectivity index (χ1v) is 11.7. The molecule has 0 spiro atoms. The normalized spacial score (nSPS) is 15.9. The van der Waals surface area contributed by atoms with E-state index >= 15 is 0 Å². The molecule has 0 heterocycles. The zero-order chi connectivity index (χ0) is 21.0. The fraction of sp³-hybridized carbons (Fsp3) is 0.625. The van der Waals surface area contributed by atoms with Crippen LogP contribution in [0.5, 0.6) is 0 Å². The second kappa shape index (κ2) is 19.1. The maximum Gasteiger partial charge on any atom is 0.303 e. The summed E-state index contributed by atoms with van der Waals surface area (Å²) in [6.45, 7) is 6.51. The third-order valence-corrected chi connectivity index (χ3v) is 6.00. The molecule has 3 unspecified atom stereocenters. The molecule has 160 valence electrons. The Morgan fingerprint density at radius 2 is 1.75 bits per heavy atom. The highest BCUT2D eigenvalue weighted by molar-refractivity contribution is 8.00. The van der Waals surface area contributed by atoms with Crippen molar-refractivity contribution in [1.82, 2.24) is 0 Å². The van der Waals surface area contributed by atoms with Gasteiger partial charge in [0.05, 0.1) is 6.10 Å². The van der Waals surface area contributed by atoms with Gasteiger partial charge in [0, 0.05) is 16.9 Å². The Bertz CT molecular complexity index is 494. The van der Waals surface area contributed by atoms with Gasteiger partial charge in [-0.25, -0.2) is 0 Å². The topological polar surface area (TPSA) is 57.5 Å². The average molecular weight is 409 g/mol. The molecule has 0 rings (SSSR count). The Balaban J connectivity index is 4.36. The third kappa shape index (κ3) is 16.9. The molecule has 0 amide bonds. The highest BCUT2D eigenvalue weighted by Gasteiger charge is 2.19. The van der Waals surface area contributed by atoms with Crippen LogP contribution in [0.25, 0.3) is 0 Å². The molecule has 0 aliphatic heterocycles. The van der Waals surface area contributed by atoms with Crippen molar-refractivity contribution < 1.29 is 15.0 Å². The number of hydrogen-bond acceptors (Lipinski definition) is 3. The van der Waals surface area contributed by atoms with Crippen molar-refractivity contribution >= 4 is 17.7 Å². The molecule has 0 bridgehead atoms. The minimum atomic E-state index is -0.806. The number of carbonyl (C=O) groups is 1. The monoisotopic (exact) mass is 408 g/mol. The summed E-state index contributed by atoms with van der Waals surface area (Å²) in [6, 6.07) is 0. The van der Waals surface area contributed by atoms with Crippen LogP contribution in [0.3, 0.4) is 0 Å². The standard InChI is InChI=1S/C24H40O3S/c1-4-6-7-8-9-10-11-12-13-14-15-16-19-23(28-21(3)5-2)22(25)18-17-20-24(26)27/h9-10,12-16,19,21-23,25H,4-8,11,17-18,20H2,1-3H3,(H,26,27)/b10-9+,13-12+,15-14+,19-16+. The van der Waals surface area contributed by atoms with E-state index in [0.717, 1.165) is 12.8 Å². The summed E-state index contributed by atoms with van der Waals surface area (Å²) in [5.41, 5.74) is 0. The molecule has 0 saturated heterocycles. The molecule has 0 aromatic rings. The van der Waals surface area contributed by atoms with Gasteiger partial charge in [-0.15, -0.1) is 11.8 Å². The van der Waals surface area contributed by atoms with Crippen LogP contribution in [0.2, 0.25) is 0 Å². The van der Waals surface area contributed by atoms with Crippen molar-refractivity contribution in [1.29, 1.82) is 0 Å². The van der Waals surface area contributed by atoms with E-state index in [1.165, 1.54) is 25.7 Å². The predicted molar refractivity (Wildman–Crippen MR) is 124 cm³/mol. The quantitative estimate of drug-likeness (QED) is 0.160. The van der Waals surface area contributed by atoms with Crippen molar-refractivity contribution in [2.24, 2.45) is 0 Å². The molecule has 0 aliphatic rings. The van der Waals surface area contributed by atoms with Gasteiger partial charge in [-0.05, 0) is 38.5 Å². The first-order chi connectivity index (χ1) is 13.5. The molecule has 0 aliphatic carbocycles. The fourth-order valence-corrected chi connectivity index (χ4v) is 3.75. The molecule has 2 N–H and O–H groups in total. The van der Waals surface area contributed by atoms with Gasteiger partial charge in [-0.1, -0.05) is 82.2 Å². The number of aliphatic hydroxyl groups excluding tert-OH is 1. The molecule has 0 aromatic heterocycles. The van der Waals surface area contributed by atoms with Crippen molar-refractivity contribution in [3.8, 4) is 0 Å². The lowest BCUT2D eigenvalue weighted by Gasteiger charge is -2.22. The van der Waals surface area contributed by atoms with Gasteiger partial charge in [-0.3, -0.25) is 4.79 Å². The molecule has 4 heteroatoms. The number of rotatable bonds is 17. The van der Waals surface area contributed by atoms with E-state index in [1.807, 2.05) is 30.4 Å². The molecule has 0 radical (unpaired) electrons. The number of allylic oxidation sites excluding steroid dienone is 7. The first-order valence-electron chi connectivity index (χ1n) is 10.7. The van der Waals surface area contributed by atoms with Crippen LogP contribution in [0, 0.1) is 0 Å². The zero-order valence-corrected chi connectivity index (χ0v) is 18.7. The smallest absolute Gasteiger partial charge is 0.303 e. The summed E-state index contributed by atoms with van der Waals surface area (Å²) in [7, 11) is 0. The van der Waals surface area contributed by atoms with E-state index in [2.05, 4.69) is 39.0 Å². The second-order valence-corrected chi connectivity index (χ2v) is 8.69. The largest absolute Gasteiger partial charge is 0.481 e. The van der Waals surface area contributed by atoms with Gasteiger partial charge in [-0.2, -0.15) is 0 Å². The summed E-state index contributed by atoms with van der Waals surface area (Å²) in [6.07, 6.45) is 24.3. The summed E-state index contributed by atoms with van der Waals surface area (Å²) in [4.78, 5) is 10.7. The second-order valence-electron chi connectivity index (χ2n) is 7.07. The lowest BCUT2D eigenvalue weighted by atomic mass is 10.1. The third-order valence-electron chi connectivity index (χ3n) is 4.42. The summed E-state index contributed by atoms with van der Waals surface area (Å²) >= 11 is 1.75. The van der Waals surface area contributed by atoms with Gasteiger partial charge in [0.1, 0.15) is 0 Å². The minimum absolute atomic E-state index is 0.0107. The zero-order valence-electron chi connectivity index (χ0n) is 17.9. The van der Waals surface area contributed by atoms with Crippen LogP contribution in [0.4, 0.5) is 0 Å². The predicted octanol–water partition coefficient (Wildman–Crippen LogP) is 6.70. The molecule has 3 atom stereocenters.